The number of anilines is 2. The number of Topliss-reactive ketones (excluding diaryl/α,β-unsaturated/α-hetero) is 1. The Kier molecular flexibility index (Phi) is 14.6. The average Bonchev–Trinajstić information content (AvgIpc) is 3.65. The van der Waals surface area contributed by atoms with E-state index in [1.54, 1.807) is 97.0 Å². The van der Waals surface area contributed by atoms with Gasteiger partial charge in [-0.3, -0.25) is 9.59 Å². The molecule has 67 heavy (non-hydrogen) atoms. The molecule has 0 aliphatic carbocycles. The Morgan fingerprint density at radius 2 is 1.54 bits per heavy atom. The number of hydrogen-bond acceptors (Lipinski definition) is 11. The lowest BCUT2D eigenvalue weighted by atomic mass is 9.87. The molecule has 1 aliphatic heterocycles. The van der Waals surface area contributed by atoms with E-state index in [0.717, 1.165) is 22.6 Å². The van der Waals surface area contributed by atoms with Gasteiger partial charge in [0.25, 0.3) is 11.9 Å². The van der Waals surface area contributed by atoms with Crippen LogP contribution in [-0.4, -0.2) is 99.8 Å². The lowest BCUT2D eigenvalue weighted by Crippen LogP contribution is -2.51. The molecule has 1 saturated heterocycles. The Labute approximate surface area is 382 Å². The van der Waals surface area contributed by atoms with Crippen LogP contribution in [-0.2, 0) is 30.2 Å². The summed E-state index contributed by atoms with van der Waals surface area (Å²) in [5, 5.41) is 6.83. The number of alkyl halides is 4. The van der Waals surface area contributed by atoms with Gasteiger partial charge in [-0.05, 0) is 90.9 Å². The smallest absolute Gasteiger partial charge is 0.424 e. The van der Waals surface area contributed by atoms with Gasteiger partial charge in [0, 0.05) is 24.1 Å². The third-order valence-corrected chi connectivity index (χ3v) is 10.3. The van der Waals surface area contributed by atoms with Crippen molar-refractivity contribution in [1.82, 2.24) is 24.8 Å². The minimum Gasteiger partial charge on any atom is -0.482 e. The normalized spacial score (nSPS) is 14.1. The Hall–Kier alpha value is -7.12. The highest BCUT2D eigenvalue weighted by atomic mass is 19.4. The van der Waals surface area contributed by atoms with Gasteiger partial charge in [-0.1, -0.05) is 64.1 Å². The lowest BCUT2D eigenvalue weighted by Gasteiger charge is -2.34. The van der Waals surface area contributed by atoms with E-state index in [1.807, 2.05) is 0 Å². The fourth-order valence-electron chi connectivity index (χ4n) is 6.76. The second-order valence-corrected chi connectivity index (χ2v) is 17.9. The molecule has 6 rings (SSSR count). The topological polar surface area (TPSA) is 171 Å². The number of esters is 1. The Morgan fingerprint density at radius 3 is 2.15 bits per heavy atom. The molecule has 0 bridgehead atoms. The number of ketones is 1. The SMILES string of the molecule is C[C@@H](C(=O)Cc1ccc(-c2ccn3nc(N(C(=O)OCOC(=O)[C@@H](NC(=O)OC(C)(C)C)C(C)(C)C)c4ccc(C(=O)N5CC(F)C5)cc4OCC(F)(F)F)nc3c2)cc1)c1ccc(F)cc1. The highest BCUT2D eigenvalue weighted by molar-refractivity contribution is 5.99. The van der Waals surface area contributed by atoms with E-state index >= 15 is 0 Å². The van der Waals surface area contributed by atoms with Gasteiger partial charge in [0.1, 0.15) is 35.2 Å². The number of rotatable bonds is 14. The number of pyridine rings is 1. The number of benzene rings is 3. The van der Waals surface area contributed by atoms with E-state index in [9.17, 15) is 45.9 Å². The second-order valence-electron chi connectivity index (χ2n) is 17.9. The van der Waals surface area contributed by atoms with Gasteiger partial charge in [0.05, 0.1) is 18.8 Å². The van der Waals surface area contributed by atoms with Crippen LogP contribution >= 0.6 is 0 Å². The molecule has 1 aliphatic rings. The molecule has 3 heterocycles. The van der Waals surface area contributed by atoms with Crippen LogP contribution < -0.4 is 15.0 Å². The van der Waals surface area contributed by atoms with Crippen molar-refractivity contribution in [3.8, 4) is 16.9 Å². The Bertz CT molecular complexity index is 2620. The van der Waals surface area contributed by atoms with Crippen molar-refractivity contribution in [3.05, 3.63) is 108 Å². The summed E-state index contributed by atoms with van der Waals surface area (Å²) in [4.78, 5) is 72.5. The predicted octanol–water partition coefficient (Wildman–Crippen LogP) is 8.90. The van der Waals surface area contributed by atoms with Crippen LogP contribution in [0.2, 0.25) is 0 Å². The highest BCUT2D eigenvalue weighted by Crippen LogP contribution is 2.37. The molecular formula is C47H49F5N6O9. The van der Waals surface area contributed by atoms with Gasteiger partial charge < -0.3 is 29.2 Å². The maximum Gasteiger partial charge on any atom is 0.424 e. The lowest BCUT2D eigenvalue weighted by molar-refractivity contribution is -0.157. The first-order chi connectivity index (χ1) is 31.3. The van der Waals surface area contributed by atoms with E-state index < -0.39 is 96.0 Å². The van der Waals surface area contributed by atoms with E-state index in [-0.39, 0.29) is 36.5 Å². The summed E-state index contributed by atoms with van der Waals surface area (Å²) in [6.07, 6.45) is -6.80. The third-order valence-electron chi connectivity index (χ3n) is 10.3. The van der Waals surface area contributed by atoms with Gasteiger partial charge in [-0.15, -0.1) is 5.10 Å². The zero-order valence-corrected chi connectivity index (χ0v) is 37.7. The predicted molar refractivity (Wildman–Crippen MR) is 233 cm³/mol. The highest BCUT2D eigenvalue weighted by Gasteiger charge is 2.37. The maximum absolute atomic E-state index is 14.1. The molecule has 1 N–H and O–H groups in total. The summed E-state index contributed by atoms with van der Waals surface area (Å²) in [7, 11) is 0. The molecule has 1 fully saturated rings. The summed E-state index contributed by atoms with van der Waals surface area (Å²) in [6, 6.07) is 18.1. The zero-order chi connectivity index (χ0) is 49.0. The summed E-state index contributed by atoms with van der Waals surface area (Å²) < 4.78 is 90.2. The largest absolute Gasteiger partial charge is 0.482 e. The summed E-state index contributed by atoms with van der Waals surface area (Å²) in [5.41, 5.74) is 0.470. The molecule has 0 spiro atoms. The molecule has 356 valence electrons. The van der Waals surface area contributed by atoms with E-state index in [4.69, 9.17) is 18.9 Å². The van der Waals surface area contributed by atoms with Crippen LogP contribution in [0.3, 0.4) is 0 Å². The molecule has 20 heteroatoms. The fourth-order valence-corrected chi connectivity index (χ4v) is 6.76. The number of nitrogens with zero attached hydrogens (tertiary/aromatic N) is 5. The van der Waals surface area contributed by atoms with Crippen molar-refractivity contribution in [2.45, 2.75) is 84.8 Å². The number of aromatic nitrogens is 3. The van der Waals surface area contributed by atoms with Gasteiger partial charge in [-0.2, -0.15) is 18.2 Å². The van der Waals surface area contributed by atoms with Crippen molar-refractivity contribution in [1.29, 1.82) is 0 Å². The molecule has 2 aromatic heterocycles. The number of nitrogens with one attached hydrogen (secondary N) is 1. The monoisotopic (exact) mass is 936 g/mol. The first-order valence-corrected chi connectivity index (χ1v) is 21.0. The number of fused-ring (bicyclic) bond motifs is 1. The van der Waals surface area contributed by atoms with Crippen molar-refractivity contribution in [2.24, 2.45) is 5.41 Å². The fraction of sp³-hybridized carbons (Fsp3) is 0.383. The number of alkyl carbamates (subject to hydrolysis) is 1. The number of hydrogen-bond donors (Lipinski definition) is 1. The minimum atomic E-state index is -4.87. The van der Waals surface area contributed by atoms with E-state index in [0.29, 0.717) is 21.6 Å². The van der Waals surface area contributed by atoms with Crippen LogP contribution in [0.15, 0.2) is 85.1 Å². The van der Waals surface area contributed by atoms with Crippen molar-refractivity contribution in [3.63, 3.8) is 0 Å². The first kappa shape index (κ1) is 49.3. The van der Waals surface area contributed by atoms with E-state index in [2.05, 4.69) is 15.4 Å². The quantitative estimate of drug-likeness (QED) is 0.0641. The summed E-state index contributed by atoms with van der Waals surface area (Å²) >= 11 is 0. The van der Waals surface area contributed by atoms with Crippen molar-refractivity contribution in [2.75, 3.05) is 31.4 Å². The van der Waals surface area contributed by atoms with Gasteiger partial charge in [0.2, 0.25) is 6.79 Å². The Balaban J connectivity index is 1.29. The Morgan fingerprint density at radius 1 is 0.866 bits per heavy atom. The number of carbonyl (C=O) groups is 5. The number of halogens is 5. The van der Waals surface area contributed by atoms with Crippen LogP contribution in [0.25, 0.3) is 16.8 Å². The van der Waals surface area contributed by atoms with Crippen LogP contribution in [0.1, 0.15) is 75.9 Å². The maximum atomic E-state index is 14.1. The summed E-state index contributed by atoms with van der Waals surface area (Å²) in [6.45, 7) is 8.18. The molecule has 0 unspecified atom stereocenters. The summed E-state index contributed by atoms with van der Waals surface area (Å²) in [5.74, 6) is -3.74. The first-order valence-electron chi connectivity index (χ1n) is 21.0. The number of ether oxygens (including phenoxy) is 4. The van der Waals surface area contributed by atoms with Crippen LogP contribution in [0.4, 0.5) is 43.2 Å². The standard InChI is InChI=1S/C47H49F5N6O9/c1-27(29-12-15-33(48)16-13-29)36(59)20-28-8-10-30(11-9-28)31-18-19-57-38(22-31)53-42(55-57)58(44(63)66-26-65-41(61)39(45(2,3)4)54-43(62)67-46(5,6)7)35-17-14-32(40(60)56-23-34(49)24-56)21-37(35)64-25-47(50,51)52/h8-19,21-22,27,34,39H,20,23-26H2,1-7H3,(H,54,62)/t27-,39-/m1/s1. The van der Waals surface area contributed by atoms with Crippen molar-refractivity contribution < 1.29 is 64.9 Å². The molecule has 3 amide bonds. The minimum absolute atomic E-state index is 0.0680. The number of amides is 3. The number of carbonyl (C=O) groups excluding carboxylic acids is 5. The number of likely N-dealkylation sites (tertiary alicyclic amines) is 1. The van der Waals surface area contributed by atoms with Gasteiger partial charge in [0.15, 0.2) is 12.3 Å². The van der Waals surface area contributed by atoms with Crippen LogP contribution in [0, 0.1) is 11.2 Å². The second kappa shape index (κ2) is 19.8. The molecule has 2 atom stereocenters. The van der Waals surface area contributed by atoms with E-state index in [1.165, 1.54) is 28.9 Å². The molecule has 3 aromatic carbocycles. The zero-order valence-electron chi connectivity index (χ0n) is 37.7. The molecule has 15 nitrogen and oxygen atoms in total. The molecule has 0 saturated carbocycles. The van der Waals surface area contributed by atoms with Crippen molar-refractivity contribution >= 4 is 47.1 Å². The molecule has 5 aromatic rings. The third kappa shape index (κ3) is 12.8. The van der Waals surface area contributed by atoms with Crippen LogP contribution in [0.5, 0.6) is 5.75 Å². The molecule has 0 radical (unpaired) electrons. The molecular weight excluding hydrogens is 888 g/mol. The van der Waals surface area contributed by atoms with Gasteiger partial charge in [-0.25, -0.2) is 32.6 Å². The average molecular weight is 937 g/mol. The van der Waals surface area contributed by atoms with Gasteiger partial charge >= 0.3 is 24.3 Å².